The minimum absolute atomic E-state index is 0.0303. The van der Waals surface area contributed by atoms with Crippen molar-refractivity contribution in [3.63, 3.8) is 0 Å². The minimum atomic E-state index is -3.46. The van der Waals surface area contributed by atoms with E-state index in [2.05, 4.69) is 17.0 Å². The summed E-state index contributed by atoms with van der Waals surface area (Å²) in [7, 11) is -3.46. The van der Waals surface area contributed by atoms with Gasteiger partial charge in [0.2, 0.25) is 10.0 Å². The Morgan fingerprint density at radius 2 is 1.86 bits per heavy atom. The molecule has 1 fully saturated rings. The predicted octanol–water partition coefficient (Wildman–Crippen LogP) is 2.14. The van der Waals surface area contributed by atoms with Crippen molar-refractivity contribution in [2.45, 2.75) is 38.0 Å². The zero-order valence-electron chi connectivity index (χ0n) is 13.4. The lowest BCUT2D eigenvalue weighted by Gasteiger charge is -2.34. The van der Waals surface area contributed by atoms with E-state index in [4.69, 9.17) is 4.74 Å². The van der Waals surface area contributed by atoms with E-state index in [0.29, 0.717) is 18.9 Å². The van der Waals surface area contributed by atoms with Crippen molar-refractivity contribution in [3.8, 4) is 5.75 Å². The van der Waals surface area contributed by atoms with Gasteiger partial charge < -0.3 is 10.1 Å². The summed E-state index contributed by atoms with van der Waals surface area (Å²) in [5, 5.41) is 3.30. The summed E-state index contributed by atoms with van der Waals surface area (Å²) in [6.07, 6.45) is 2.90. The summed E-state index contributed by atoms with van der Waals surface area (Å²) in [4.78, 5) is 0.286. The molecular weight excluding hydrogens is 300 g/mol. The van der Waals surface area contributed by atoms with Gasteiger partial charge in [0.05, 0.1) is 11.5 Å². The van der Waals surface area contributed by atoms with Crippen LogP contribution < -0.4 is 14.8 Å². The lowest BCUT2D eigenvalue weighted by molar-refractivity contribution is 0.232. The number of hydrogen-bond acceptors (Lipinski definition) is 4. The molecule has 1 saturated heterocycles. The van der Waals surface area contributed by atoms with Crippen LogP contribution in [-0.4, -0.2) is 34.7 Å². The number of nitrogens with one attached hydrogen (secondary N) is 2. The zero-order valence-corrected chi connectivity index (χ0v) is 14.2. The number of sulfonamides is 1. The van der Waals surface area contributed by atoms with Crippen LogP contribution in [0.4, 0.5) is 0 Å². The number of ether oxygens (including phenoxy) is 1. The quantitative estimate of drug-likeness (QED) is 0.805. The van der Waals surface area contributed by atoms with Crippen LogP contribution in [0.3, 0.4) is 0 Å². The van der Waals surface area contributed by atoms with Crippen LogP contribution in [0, 0.1) is 5.41 Å². The molecule has 6 heteroatoms. The maximum absolute atomic E-state index is 12.4. The molecule has 0 bridgehead atoms. The first-order valence-electron chi connectivity index (χ1n) is 7.88. The second kappa shape index (κ2) is 7.44. The van der Waals surface area contributed by atoms with Crippen LogP contribution >= 0.6 is 0 Å². The first kappa shape index (κ1) is 17.2. The highest BCUT2D eigenvalue weighted by Gasteiger charge is 2.28. The van der Waals surface area contributed by atoms with Gasteiger partial charge >= 0.3 is 0 Å². The molecule has 0 atom stereocenters. The molecule has 2 rings (SSSR count). The van der Waals surface area contributed by atoms with Gasteiger partial charge in [-0.3, -0.25) is 0 Å². The van der Waals surface area contributed by atoms with Crippen molar-refractivity contribution in [1.82, 2.24) is 10.0 Å². The van der Waals surface area contributed by atoms with E-state index < -0.39 is 10.0 Å². The van der Waals surface area contributed by atoms with E-state index in [1.165, 1.54) is 0 Å². The van der Waals surface area contributed by atoms with Crippen LogP contribution in [0.25, 0.3) is 0 Å². The van der Waals surface area contributed by atoms with Crippen LogP contribution in [0.15, 0.2) is 29.2 Å². The molecule has 0 aromatic heterocycles. The lowest BCUT2D eigenvalue weighted by Crippen LogP contribution is -2.42. The number of rotatable bonds is 7. The summed E-state index contributed by atoms with van der Waals surface area (Å²) in [6, 6.07) is 6.60. The average molecular weight is 326 g/mol. The Morgan fingerprint density at radius 3 is 2.45 bits per heavy atom. The molecule has 5 nitrogen and oxygen atoms in total. The van der Waals surface area contributed by atoms with E-state index in [1.807, 2.05) is 6.92 Å². The van der Waals surface area contributed by atoms with Gasteiger partial charge in [-0.05, 0) is 62.0 Å². The van der Waals surface area contributed by atoms with Crippen LogP contribution in [0.2, 0.25) is 0 Å². The van der Waals surface area contributed by atoms with Gasteiger partial charge in [-0.25, -0.2) is 13.1 Å². The van der Waals surface area contributed by atoms with Crippen molar-refractivity contribution in [2.24, 2.45) is 5.41 Å². The lowest BCUT2D eigenvalue weighted by atomic mass is 9.81. The maximum Gasteiger partial charge on any atom is 0.240 e. The molecule has 0 aliphatic carbocycles. The SMILES string of the molecule is CCCOc1ccc(S(=O)(=O)NCC2(C)CCNCC2)cc1. The molecule has 0 radical (unpaired) electrons. The first-order valence-corrected chi connectivity index (χ1v) is 9.37. The van der Waals surface area contributed by atoms with Gasteiger partial charge in [0.25, 0.3) is 0 Å². The maximum atomic E-state index is 12.4. The third kappa shape index (κ3) is 4.69. The highest BCUT2D eigenvalue weighted by molar-refractivity contribution is 7.89. The summed E-state index contributed by atoms with van der Waals surface area (Å²) >= 11 is 0. The van der Waals surface area contributed by atoms with Gasteiger partial charge in [-0.2, -0.15) is 0 Å². The van der Waals surface area contributed by atoms with Crippen molar-refractivity contribution in [1.29, 1.82) is 0 Å². The Morgan fingerprint density at radius 1 is 1.23 bits per heavy atom. The molecule has 0 amide bonds. The first-order chi connectivity index (χ1) is 10.5. The van der Waals surface area contributed by atoms with Crippen molar-refractivity contribution in [3.05, 3.63) is 24.3 Å². The smallest absolute Gasteiger partial charge is 0.240 e. The topological polar surface area (TPSA) is 67.4 Å². The van der Waals surface area contributed by atoms with Crippen molar-refractivity contribution in [2.75, 3.05) is 26.2 Å². The Kier molecular flexibility index (Phi) is 5.83. The molecule has 0 unspecified atom stereocenters. The van der Waals surface area contributed by atoms with Gasteiger partial charge in [-0.15, -0.1) is 0 Å². The van der Waals surface area contributed by atoms with E-state index >= 15 is 0 Å². The molecule has 1 aromatic carbocycles. The van der Waals surface area contributed by atoms with Crippen LogP contribution in [0.5, 0.6) is 5.75 Å². The molecule has 1 aliphatic rings. The molecule has 0 saturated carbocycles. The highest BCUT2D eigenvalue weighted by Crippen LogP contribution is 2.27. The molecule has 1 aliphatic heterocycles. The minimum Gasteiger partial charge on any atom is -0.494 e. The van der Waals surface area contributed by atoms with Crippen LogP contribution in [0.1, 0.15) is 33.1 Å². The Balaban J connectivity index is 1.97. The second-order valence-electron chi connectivity index (χ2n) is 6.21. The summed E-state index contributed by atoms with van der Waals surface area (Å²) in [5.41, 5.74) is 0.0303. The van der Waals surface area contributed by atoms with E-state index in [0.717, 1.165) is 32.4 Å². The summed E-state index contributed by atoms with van der Waals surface area (Å²) in [6.45, 7) is 7.17. The monoisotopic (exact) mass is 326 g/mol. The Hall–Kier alpha value is -1.11. The molecule has 1 aromatic rings. The van der Waals surface area contributed by atoms with Gasteiger partial charge in [0.1, 0.15) is 5.75 Å². The Bertz CT molecular complexity index is 564. The third-order valence-corrected chi connectivity index (χ3v) is 5.52. The molecule has 124 valence electrons. The molecule has 22 heavy (non-hydrogen) atoms. The number of hydrogen-bond donors (Lipinski definition) is 2. The van der Waals surface area contributed by atoms with E-state index in [-0.39, 0.29) is 10.3 Å². The molecular formula is C16H26N2O3S. The largest absolute Gasteiger partial charge is 0.494 e. The molecule has 0 spiro atoms. The number of piperidine rings is 1. The fourth-order valence-electron chi connectivity index (χ4n) is 2.49. The fraction of sp³-hybridized carbons (Fsp3) is 0.625. The third-order valence-electron chi connectivity index (χ3n) is 4.11. The number of benzene rings is 1. The zero-order chi connectivity index (χ0) is 16.1. The fourth-order valence-corrected chi connectivity index (χ4v) is 3.69. The Labute approximate surface area is 133 Å². The van der Waals surface area contributed by atoms with E-state index in [1.54, 1.807) is 24.3 Å². The second-order valence-corrected chi connectivity index (χ2v) is 7.97. The van der Waals surface area contributed by atoms with Crippen molar-refractivity contribution >= 4 is 10.0 Å². The predicted molar refractivity (Wildman–Crippen MR) is 87.6 cm³/mol. The summed E-state index contributed by atoms with van der Waals surface area (Å²) in [5.74, 6) is 0.700. The van der Waals surface area contributed by atoms with Gasteiger partial charge in [-0.1, -0.05) is 13.8 Å². The van der Waals surface area contributed by atoms with Crippen LogP contribution in [-0.2, 0) is 10.0 Å². The van der Waals surface area contributed by atoms with Gasteiger partial charge in [0, 0.05) is 6.54 Å². The standard InChI is InChI=1S/C16H26N2O3S/c1-3-12-21-14-4-6-15(7-5-14)22(19,20)18-13-16(2)8-10-17-11-9-16/h4-7,17-18H,3,8-13H2,1-2H3. The summed E-state index contributed by atoms with van der Waals surface area (Å²) < 4.78 is 33.0. The van der Waals surface area contributed by atoms with Crippen molar-refractivity contribution < 1.29 is 13.2 Å². The van der Waals surface area contributed by atoms with E-state index in [9.17, 15) is 8.42 Å². The van der Waals surface area contributed by atoms with Gasteiger partial charge in [0.15, 0.2) is 0 Å². The molecule has 2 N–H and O–H groups in total. The average Bonchev–Trinajstić information content (AvgIpc) is 2.52. The normalized spacial score (nSPS) is 18.1. The molecule has 1 heterocycles. The highest BCUT2D eigenvalue weighted by atomic mass is 32.2.